The standard InChI is InChI=1S/C17H32O.C9H11N3O4/c1-2-3-4-5-6-7-8-9-10-11-12-13-14-15-16-17-18;13-7-3-4-12(9(14)11-7)8-2-1-6(16-8)5-10-15/h1,18H,3-17H2;3-4,6,8H,1-2,5H2,(H,11,13,14). The van der Waals surface area contributed by atoms with Gasteiger partial charge in [-0.25, -0.2) is 4.79 Å². The Hall–Kier alpha value is -2.24. The van der Waals surface area contributed by atoms with Gasteiger partial charge in [-0.1, -0.05) is 75.8 Å². The summed E-state index contributed by atoms with van der Waals surface area (Å²) in [5.41, 5.74) is -0.942. The summed E-state index contributed by atoms with van der Waals surface area (Å²) in [5.74, 6) is 2.70. The van der Waals surface area contributed by atoms with E-state index in [1.165, 1.54) is 93.9 Å². The van der Waals surface area contributed by atoms with Crippen LogP contribution < -0.4 is 11.2 Å². The molecule has 2 N–H and O–H groups in total. The lowest BCUT2D eigenvalue weighted by molar-refractivity contribution is 0.00369. The van der Waals surface area contributed by atoms with E-state index in [0.29, 0.717) is 19.4 Å². The van der Waals surface area contributed by atoms with E-state index in [1.54, 1.807) is 0 Å². The summed E-state index contributed by atoms with van der Waals surface area (Å²) >= 11 is 0. The van der Waals surface area contributed by atoms with Crippen LogP contribution in [0, 0.1) is 17.3 Å². The summed E-state index contributed by atoms with van der Waals surface area (Å²) in [5, 5.41) is 11.4. The van der Waals surface area contributed by atoms with Gasteiger partial charge in [0.15, 0.2) is 0 Å². The van der Waals surface area contributed by atoms with Crippen molar-refractivity contribution in [2.75, 3.05) is 13.2 Å². The molecule has 0 bridgehead atoms. The average Bonchev–Trinajstić information content (AvgIpc) is 3.28. The van der Waals surface area contributed by atoms with E-state index in [2.05, 4.69) is 16.1 Å². The average molecular weight is 478 g/mol. The number of nitrogens with zero attached hydrogens (tertiary/aromatic N) is 2. The number of nitroso groups, excluding NO2 is 1. The third-order valence-electron chi connectivity index (χ3n) is 6.00. The Balaban J connectivity index is 0.000000341. The lowest BCUT2D eigenvalue weighted by atomic mass is 10.0. The first-order valence-electron chi connectivity index (χ1n) is 12.9. The molecular weight excluding hydrogens is 434 g/mol. The zero-order chi connectivity index (χ0) is 24.9. The molecule has 2 rings (SSSR count). The molecule has 1 aromatic rings. The van der Waals surface area contributed by atoms with E-state index >= 15 is 0 Å². The molecule has 1 saturated heterocycles. The molecule has 0 amide bonds. The number of nitrogens with one attached hydrogen (secondary N) is 1. The van der Waals surface area contributed by atoms with Crippen molar-refractivity contribution in [3.05, 3.63) is 38.0 Å². The second kappa shape index (κ2) is 20.2. The molecule has 34 heavy (non-hydrogen) atoms. The molecule has 0 aliphatic carbocycles. The van der Waals surface area contributed by atoms with Gasteiger partial charge < -0.3 is 9.84 Å². The first kappa shape index (κ1) is 29.8. The summed E-state index contributed by atoms with van der Waals surface area (Å²) in [6.45, 7) is 0.454. The third-order valence-corrected chi connectivity index (χ3v) is 6.00. The van der Waals surface area contributed by atoms with Crippen molar-refractivity contribution in [3.63, 3.8) is 0 Å². The number of hydrogen-bond acceptors (Lipinski definition) is 6. The number of aliphatic hydroxyl groups excluding tert-OH is 1. The minimum atomic E-state index is -0.503. The van der Waals surface area contributed by atoms with Gasteiger partial charge >= 0.3 is 5.69 Å². The SMILES string of the molecule is C#CCCCCCCCCCCCCCCCO.O=NCC1CCC(n2ccc(=O)[nH]c2=O)O1. The van der Waals surface area contributed by atoms with Crippen LogP contribution in [-0.2, 0) is 4.74 Å². The molecule has 0 radical (unpaired) electrons. The summed E-state index contributed by atoms with van der Waals surface area (Å²) in [7, 11) is 0. The first-order valence-corrected chi connectivity index (χ1v) is 12.9. The van der Waals surface area contributed by atoms with E-state index in [9.17, 15) is 14.5 Å². The van der Waals surface area contributed by atoms with Crippen LogP contribution in [0.15, 0.2) is 27.0 Å². The second-order valence-electron chi connectivity index (χ2n) is 8.89. The van der Waals surface area contributed by atoms with Crippen LogP contribution in [0.4, 0.5) is 0 Å². The fourth-order valence-electron chi connectivity index (χ4n) is 4.05. The largest absolute Gasteiger partial charge is 0.396 e. The number of hydrogen-bond donors (Lipinski definition) is 2. The van der Waals surface area contributed by atoms with E-state index in [4.69, 9.17) is 16.3 Å². The summed E-state index contributed by atoms with van der Waals surface area (Å²) < 4.78 is 6.77. The molecule has 1 aliphatic rings. The second-order valence-corrected chi connectivity index (χ2v) is 8.89. The summed E-state index contributed by atoms with van der Waals surface area (Å²) in [6, 6.07) is 1.26. The zero-order valence-electron chi connectivity index (χ0n) is 20.6. The maximum atomic E-state index is 11.4. The van der Waals surface area contributed by atoms with Gasteiger partial charge in [0.05, 0.1) is 6.10 Å². The fourth-order valence-corrected chi connectivity index (χ4v) is 4.05. The monoisotopic (exact) mass is 477 g/mol. The molecular formula is C26H43N3O5. The predicted molar refractivity (Wildman–Crippen MR) is 136 cm³/mol. The van der Waals surface area contributed by atoms with Crippen molar-refractivity contribution in [2.45, 2.75) is 115 Å². The van der Waals surface area contributed by atoms with Crippen molar-refractivity contribution in [2.24, 2.45) is 5.18 Å². The van der Waals surface area contributed by atoms with Crippen molar-refractivity contribution in [1.29, 1.82) is 0 Å². The Kier molecular flexibility index (Phi) is 17.7. The van der Waals surface area contributed by atoms with Gasteiger partial charge in [-0.3, -0.25) is 14.3 Å². The van der Waals surface area contributed by atoms with Gasteiger partial charge in [0.25, 0.3) is 5.56 Å². The third kappa shape index (κ3) is 14.1. The molecule has 8 nitrogen and oxygen atoms in total. The van der Waals surface area contributed by atoms with Gasteiger partial charge in [0.2, 0.25) is 0 Å². The Bertz CT molecular complexity index is 799. The molecule has 2 heterocycles. The normalized spacial score (nSPS) is 17.1. The van der Waals surface area contributed by atoms with E-state index in [-0.39, 0.29) is 12.6 Å². The summed E-state index contributed by atoms with van der Waals surface area (Å²) in [4.78, 5) is 34.5. The number of aromatic amines is 1. The lowest BCUT2D eigenvalue weighted by Crippen LogP contribution is -2.31. The minimum Gasteiger partial charge on any atom is -0.396 e. The molecule has 2 atom stereocenters. The van der Waals surface area contributed by atoms with Crippen LogP contribution in [0.2, 0.25) is 0 Å². The number of H-pyrrole nitrogens is 1. The maximum absolute atomic E-state index is 11.4. The van der Waals surface area contributed by atoms with Gasteiger partial charge in [-0.15, -0.1) is 12.3 Å². The molecule has 1 aliphatic heterocycles. The number of unbranched alkanes of at least 4 members (excludes halogenated alkanes) is 13. The van der Waals surface area contributed by atoms with Crippen molar-refractivity contribution >= 4 is 0 Å². The number of rotatable bonds is 17. The maximum Gasteiger partial charge on any atom is 0.330 e. The molecule has 0 saturated carbocycles. The van der Waals surface area contributed by atoms with E-state index < -0.39 is 17.5 Å². The van der Waals surface area contributed by atoms with Crippen LogP contribution in [0.3, 0.4) is 0 Å². The van der Waals surface area contributed by atoms with Crippen LogP contribution in [0.5, 0.6) is 0 Å². The lowest BCUT2D eigenvalue weighted by Gasteiger charge is -2.13. The quantitative estimate of drug-likeness (QED) is 0.185. The molecule has 1 fully saturated rings. The van der Waals surface area contributed by atoms with Gasteiger partial charge in [0.1, 0.15) is 12.8 Å². The first-order chi connectivity index (χ1) is 16.6. The number of ether oxygens (including phenoxy) is 1. The van der Waals surface area contributed by atoms with Crippen molar-refractivity contribution < 1.29 is 9.84 Å². The minimum absolute atomic E-state index is 0.0919. The Labute approximate surface area is 203 Å². The Morgan fingerprint density at radius 2 is 1.53 bits per heavy atom. The number of terminal acetylenes is 1. The van der Waals surface area contributed by atoms with Gasteiger partial charge in [0, 0.05) is 25.3 Å². The molecule has 8 heteroatoms. The predicted octanol–water partition coefficient (Wildman–Crippen LogP) is 5.05. The fraction of sp³-hybridized carbons (Fsp3) is 0.769. The summed E-state index contributed by atoms with van der Waals surface area (Å²) in [6.07, 6.45) is 25.3. The van der Waals surface area contributed by atoms with Crippen LogP contribution in [0.25, 0.3) is 0 Å². The van der Waals surface area contributed by atoms with Crippen molar-refractivity contribution in [3.8, 4) is 12.3 Å². The highest BCUT2D eigenvalue weighted by Crippen LogP contribution is 2.26. The van der Waals surface area contributed by atoms with Crippen molar-refractivity contribution in [1.82, 2.24) is 9.55 Å². The zero-order valence-corrected chi connectivity index (χ0v) is 20.6. The van der Waals surface area contributed by atoms with Crippen LogP contribution >= 0.6 is 0 Å². The Morgan fingerprint density at radius 3 is 2.03 bits per heavy atom. The number of aromatic nitrogens is 2. The number of aliphatic hydroxyl groups is 1. The molecule has 2 unspecified atom stereocenters. The van der Waals surface area contributed by atoms with Gasteiger partial charge in [-0.2, -0.15) is 4.91 Å². The highest BCUT2D eigenvalue weighted by atomic mass is 16.5. The topological polar surface area (TPSA) is 114 Å². The van der Waals surface area contributed by atoms with E-state index in [1.807, 2.05) is 0 Å². The Morgan fingerprint density at radius 1 is 0.971 bits per heavy atom. The highest BCUT2D eigenvalue weighted by Gasteiger charge is 2.27. The smallest absolute Gasteiger partial charge is 0.330 e. The van der Waals surface area contributed by atoms with Crippen LogP contribution in [0.1, 0.15) is 109 Å². The van der Waals surface area contributed by atoms with Crippen LogP contribution in [-0.4, -0.2) is 33.9 Å². The van der Waals surface area contributed by atoms with Gasteiger partial charge in [-0.05, 0) is 25.7 Å². The molecule has 0 aromatic carbocycles. The molecule has 1 aromatic heterocycles. The molecule has 0 spiro atoms. The highest BCUT2D eigenvalue weighted by molar-refractivity contribution is 4.86. The molecule has 192 valence electrons. The van der Waals surface area contributed by atoms with E-state index in [0.717, 1.165) is 12.8 Å².